The largest absolute Gasteiger partial charge is 0.316 e. The molecule has 3 heteroatoms. The van der Waals surface area contributed by atoms with Crippen LogP contribution in [0.3, 0.4) is 0 Å². The average molecular weight is 227 g/mol. The van der Waals surface area contributed by atoms with Crippen LogP contribution in [0.15, 0.2) is 23.1 Å². The Morgan fingerprint density at radius 2 is 2.13 bits per heavy atom. The number of hydrogen-bond donors (Lipinski definition) is 1. The zero-order chi connectivity index (χ0) is 11.3. The molecule has 0 saturated carbocycles. The summed E-state index contributed by atoms with van der Waals surface area (Å²) < 4.78 is 13.3. The van der Waals surface area contributed by atoms with Crippen molar-refractivity contribution in [1.29, 1.82) is 0 Å². The van der Waals surface area contributed by atoms with Crippen molar-refractivity contribution in [2.24, 2.45) is 0 Å². The molecule has 1 rings (SSSR count). The minimum Gasteiger partial charge on any atom is -0.316 e. The summed E-state index contributed by atoms with van der Waals surface area (Å²) in [6.07, 6.45) is 1.10. The molecule has 0 aliphatic rings. The minimum atomic E-state index is -0.145. The van der Waals surface area contributed by atoms with Crippen molar-refractivity contribution in [3.63, 3.8) is 0 Å². The lowest BCUT2D eigenvalue weighted by atomic mass is 10.2. The van der Waals surface area contributed by atoms with Crippen LogP contribution in [0, 0.1) is 5.82 Å². The highest BCUT2D eigenvalue weighted by Crippen LogP contribution is 2.26. The molecule has 0 spiro atoms. The molecule has 0 amide bonds. The standard InChI is InChI=1S/C12H18FNS/c1-4-9(2)15-12-6-10(8-14-3)5-11(13)7-12/h5-7,9,14H,4,8H2,1-3H3. The predicted molar refractivity (Wildman–Crippen MR) is 64.8 cm³/mol. The summed E-state index contributed by atoms with van der Waals surface area (Å²) >= 11 is 1.73. The Labute approximate surface area is 95.5 Å². The number of halogens is 1. The highest BCUT2D eigenvalue weighted by molar-refractivity contribution is 7.99. The molecule has 1 nitrogen and oxygen atoms in total. The zero-order valence-electron chi connectivity index (χ0n) is 9.51. The van der Waals surface area contributed by atoms with Gasteiger partial charge < -0.3 is 5.32 Å². The second-order valence-electron chi connectivity index (χ2n) is 3.66. The second-order valence-corrected chi connectivity index (χ2v) is 5.17. The molecule has 0 aliphatic carbocycles. The summed E-state index contributed by atoms with van der Waals surface area (Å²) in [5.74, 6) is -0.145. The third kappa shape index (κ3) is 4.22. The second kappa shape index (κ2) is 6.13. The molecular weight excluding hydrogens is 209 g/mol. The third-order valence-electron chi connectivity index (χ3n) is 2.22. The van der Waals surface area contributed by atoms with E-state index in [1.807, 2.05) is 7.05 Å². The van der Waals surface area contributed by atoms with Gasteiger partial charge in [-0.15, -0.1) is 11.8 Å². The fraction of sp³-hybridized carbons (Fsp3) is 0.500. The number of nitrogens with one attached hydrogen (secondary N) is 1. The third-order valence-corrected chi connectivity index (χ3v) is 3.47. The Bertz CT molecular complexity index is 314. The van der Waals surface area contributed by atoms with E-state index in [0.29, 0.717) is 11.8 Å². The summed E-state index contributed by atoms with van der Waals surface area (Å²) in [5, 5.41) is 3.57. The molecule has 0 aliphatic heterocycles. The van der Waals surface area contributed by atoms with Gasteiger partial charge in [-0.25, -0.2) is 4.39 Å². The molecule has 1 N–H and O–H groups in total. The monoisotopic (exact) mass is 227 g/mol. The molecule has 1 atom stereocenters. The van der Waals surface area contributed by atoms with Crippen LogP contribution in [-0.2, 0) is 6.54 Å². The van der Waals surface area contributed by atoms with Crippen LogP contribution in [0.2, 0.25) is 0 Å². The molecule has 1 unspecified atom stereocenters. The van der Waals surface area contributed by atoms with Gasteiger partial charge in [0.1, 0.15) is 5.82 Å². The Morgan fingerprint density at radius 1 is 1.40 bits per heavy atom. The van der Waals surface area contributed by atoms with E-state index in [4.69, 9.17) is 0 Å². The lowest BCUT2D eigenvalue weighted by molar-refractivity contribution is 0.619. The lowest BCUT2D eigenvalue weighted by Gasteiger charge is -2.10. The molecule has 15 heavy (non-hydrogen) atoms. The van der Waals surface area contributed by atoms with Gasteiger partial charge in [-0.3, -0.25) is 0 Å². The van der Waals surface area contributed by atoms with Gasteiger partial charge in [0, 0.05) is 16.7 Å². The number of hydrogen-bond acceptors (Lipinski definition) is 2. The first-order valence-electron chi connectivity index (χ1n) is 5.26. The number of rotatable bonds is 5. The van der Waals surface area contributed by atoms with E-state index in [0.717, 1.165) is 16.9 Å². The number of thioether (sulfide) groups is 1. The molecule has 0 bridgehead atoms. The van der Waals surface area contributed by atoms with Gasteiger partial charge in [-0.1, -0.05) is 13.8 Å². The van der Waals surface area contributed by atoms with E-state index in [1.165, 1.54) is 0 Å². The summed E-state index contributed by atoms with van der Waals surface area (Å²) in [4.78, 5) is 1.02. The fourth-order valence-corrected chi connectivity index (χ4v) is 2.34. The Kier molecular flexibility index (Phi) is 5.12. The SMILES string of the molecule is CCC(C)Sc1cc(F)cc(CNC)c1. The Balaban J connectivity index is 2.78. The first-order valence-corrected chi connectivity index (χ1v) is 6.14. The molecular formula is C12H18FNS. The highest BCUT2D eigenvalue weighted by atomic mass is 32.2. The normalized spacial score (nSPS) is 12.8. The van der Waals surface area contributed by atoms with Crippen LogP contribution in [0.25, 0.3) is 0 Å². The van der Waals surface area contributed by atoms with E-state index >= 15 is 0 Å². The molecule has 1 aromatic rings. The average Bonchev–Trinajstić information content (AvgIpc) is 2.17. The topological polar surface area (TPSA) is 12.0 Å². The van der Waals surface area contributed by atoms with E-state index in [1.54, 1.807) is 23.9 Å². The Morgan fingerprint density at radius 3 is 2.73 bits per heavy atom. The maximum atomic E-state index is 13.3. The summed E-state index contributed by atoms with van der Waals surface area (Å²) in [6, 6.07) is 5.24. The van der Waals surface area contributed by atoms with Gasteiger partial charge in [0.15, 0.2) is 0 Å². The van der Waals surface area contributed by atoms with Crippen molar-refractivity contribution in [2.45, 2.75) is 37.0 Å². The van der Waals surface area contributed by atoms with Crippen LogP contribution < -0.4 is 5.32 Å². The molecule has 0 heterocycles. The molecule has 84 valence electrons. The Hall–Kier alpha value is -0.540. The van der Waals surface area contributed by atoms with Crippen LogP contribution in [0.5, 0.6) is 0 Å². The van der Waals surface area contributed by atoms with E-state index < -0.39 is 0 Å². The molecule has 0 radical (unpaired) electrons. The van der Waals surface area contributed by atoms with Crippen LogP contribution in [-0.4, -0.2) is 12.3 Å². The van der Waals surface area contributed by atoms with Gasteiger partial charge in [-0.05, 0) is 37.2 Å². The van der Waals surface area contributed by atoms with E-state index in [-0.39, 0.29) is 5.82 Å². The molecule has 0 aromatic heterocycles. The number of benzene rings is 1. The van der Waals surface area contributed by atoms with Crippen molar-refractivity contribution in [2.75, 3.05) is 7.05 Å². The van der Waals surface area contributed by atoms with Gasteiger partial charge in [0.25, 0.3) is 0 Å². The first kappa shape index (κ1) is 12.5. The minimum absolute atomic E-state index is 0.145. The quantitative estimate of drug-likeness (QED) is 0.773. The van der Waals surface area contributed by atoms with Crippen LogP contribution in [0.4, 0.5) is 4.39 Å². The van der Waals surface area contributed by atoms with Crippen LogP contribution in [0.1, 0.15) is 25.8 Å². The van der Waals surface area contributed by atoms with Crippen molar-refractivity contribution < 1.29 is 4.39 Å². The smallest absolute Gasteiger partial charge is 0.124 e. The van der Waals surface area contributed by atoms with Gasteiger partial charge in [0.2, 0.25) is 0 Å². The molecule has 1 aromatic carbocycles. The maximum absolute atomic E-state index is 13.3. The van der Waals surface area contributed by atoms with Gasteiger partial charge in [0.05, 0.1) is 0 Å². The fourth-order valence-electron chi connectivity index (χ4n) is 1.31. The van der Waals surface area contributed by atoms with E-state index in [2.05, 4.69) is 25.2 Å². The maximum Gasteiger partial charge on any atom is 0.124 e. The van der Waals surface area contributed by atoms with Crippen molar-refractivity contribution in [1.82, 2.24) is 5.32 Å². The van der Waals surface area contributed by atoms with Crippen molar-refractivity contribution in [3.8, 4) is 0 Å². The van der Waals surface area contributed by atoms with Crippen molar-refractivity contribution in [3.05, 3.63) is 29.6 Å². The first-order chi connectivity index (χ1) is 7.15. The van der Waals surface area contributed by atoms with Crippen molar-refractivity contribution >= 4 is 11.8 Å². The van der Waals surface area contributed by atoms with Gasteiger partial charge >= 0.3 is 0 Å². The lowest BCUT2D eigenvalue weighted by Crippen LogP contribution is -2.05. The summed E-state index contributed by atoms with van der Waals surface area (Å²) in [5.41, 5.74) is 1.00. The van der Waals surface area contributed by atoms with Crippen LogP contribution >= 0.6 is 11.8 Å². The molecule has 0 fully saturated rings. The van der Waals surface area contributed by atoms with Gasteiger partial charge in [-0.2, -0.15) is 0 Å². The van der Waals surface area contributed by atoms with E-state index in [9.17, 15) is 4.39 Å². The highest BCUT2D eigenvalue weighted by Gasteiger charge is 2.05. The zero-order valence-corrected chi connectivity index (χ0v) is 10.3. The summed E-state index contributed by atoms with van der Waals surface area (Å²) in [6.45, 7) is 5.02. The summed E-state index contributed by atoms with van der Waals surface area (Å²) in [7, 11) is 1.87. The molecule has 0 saturated heterocycles. The predicted octanol–water partition coefficient (Wildman–Crippen LogP) is 3.44.